The van der Waals surface area contributed by atoms with Gasteiger partial charge >= 0.3 is 5.97 Å². The number of esters is 1. The highest BCUT2D eigenvalue weighted by Gasteiger charge is 2.30. The average molecular weight is 362 g/mol. The molecule has 0 radical (unpaired) electrons. The van der Waals surface area contributed by atoms with E-state index in [9.17, 15) is 14.9 Å². The fourth-order valence-corrected chi connectivity index (χ4v) is 3.39. The van der Waals surface area contributed by atoms with Gasteiger partial charge in [-0.3, -0.25) is 9.59 Å². The summed E-state index contributed by atoms with van der Waals surface area (Å²) in [4.78, 5) is 23.4. The monoisotopic (exact) mass is 362 g/mol. The van der Waals surface area contributed by atoms with Gasteiger partial charge in [0.1, 0.15) is 0 Å². The van der Waals surface area contributed by atoms with Crippen LogP contribution >= 0.6 is 11.8 Å². The summed E-state index contributed by atoms with van der Waals surface area (Å²) in [5.41, 5.74) is 1.17. The van der Waals surface area contributed by atoms with Gasteiger partial charge in [0.25, 0.3) is 0 Å². The van der Waals surface area contributed by atoms with E-state index >= 15 is 0 Å². The summed E-state index contributed by atoms with van der Waals surface area (Å²) in [5, 5.41) is 12.6. The number of hydrogen-bond donors (Lipinski definition) is 1. The van der Waals surface area contributed by atoms with E-state index in [0.717, 1.165) is 17.3 Å². The van der Waals surface area contributed by atoms with Crippen LogP contribution < -0.4 is 14.8 Å². The largest absolute Gasteiger partial charge is 0.493 e. The van der Waals surface area contributed by atoms with Gasteiger partial charge in [0, 0.05) is 12.3 Å². The number of benzene rings is 1. The molecule has 0 spiro atoms. The summed E-state index contributed by atoms with van der Waals surface area (Å²) >= 11 is 1.08. The number of hydrogen-bond acceptors (Lipinski definition) is 7. The molecule has 1 aromatic rings. The van der Waals surface area contributed by atoms with Crippen LogP contribution in [0.25, 0.3) is 0 Å². The molecule has 0 aromatic heterocycles. The Morgan fingerprint density at radius 3 is 2.64 bits per heavy atom. The van der Waals surface area contributed by atoms with Gasteiger partial charge in [0.2, 0.25) is 5.91 Å². The van der Waals surface area contributed by atoms with Gasteiger partial charge in [-0.05, 0) is 17.7 Å². The third-order valence-corrected chi connectivity index (χ3v) is 4.72. The van der Waals surface area contributed by atoms with Crippen molar-refractivity contribution in [3.05, 3.63) is 34.4 Å². The lowest BCUT2D eigenvalue weighted by atomic mass is 9.87. The maximum atomic E-state index is 12.1. The van der Waals surface area contributed by atoms with Crippen LogP contribution in [0.15, 0.2) is 28.8 Å². The lowest BCUT2D eigenvalue weighted by Crippen LogP contribution is -2.31. The molecule has 0 bridgehead atoms. The smallest absolute Gasteiger partial charge is 0.316 e. The molecule has 0 saturated carbocycles. The standard InChI is InChI=1S/C17H18N2O5S/c1-22-13-5-4-10(6-14(13)23-2)11-7-15(20)19-17(12(11)8-18)25-9-16(21)24-3/h4-6,11H,7,9H2,1-3H3,(H,19,20)/t11-/m1/s1. The fourth-order valence-electron chi connectivity index (χ4n) is 2.48. The number of allylic oxidation sites excluding steroid dienone is 1. The van der Waals surface area contributed by atoms with E-state index in [-0.39, 0.29) is 18.1 Å². The Balaban J connectivity index is 2.39. The van der Waals surface area contributed by atoms with Crippen molar-refractivity contribution in [1.29, 1.82) is 5.26 Å². The molecule has 1 aromatic carbocycles. The lowest BCUT2D eigenvalue weighted by molar-refractivity contribution is -0.137. The van der Waals surface area contributed by atoms with Crippen LogP contribution in [0.2, 0.25) is 0 Å². The molecule has 0 aliphatic carbocycles. The third kappa shape index (κ3) is 4.25. The van der Waals surface area contributed by atoms with Crippen molar-refractivity contribution in [3.63, 3.8) is 0 Å². The van der Waals surface area contributed by atoms with Crippen LogP contribution in [0.3, 0.4) is 0 Å². The number of nitrogens with zero attached hydrogens (tertiary/aromatic N) is 1. The molecule has 0 unspecified atom stereocenters. The van der Waals surface area contributed by atoms with Crippen LogP contribution in [0.1, 0.15) is 17.9 Å². The maximum Gasteiger partial charge on any atom is 0.316 e. The maximum absolute atomic E-state index is 12.1. The minimum absolute atomic E-state index is 0.00987. The molecule has 1 aliphatic rings. The van der Waals surface area contributed by atoms with Crippen molar-refractivity contribution in [2.24, 2.45) is 0 Å². The molecule has 8 heteroatoms. The Kier molecular flexibility index (Phi) is 6.31. The summed E-state index contributed by atoms with van der Waals surface area (Å²) in [5.74, 6) is 0.0270. The van der Waals surface area contributed by atoms with Gasteiger partial charge in [-0.1, -0.05) is 17.8 Å². The molecule has 0 saturated heterocycles. The predicted octanol–water partition coefficient (Wildman–Crippen LogP) is 1.95. The molecular weight excluding hydrogens is 344 g/mol. The highest BCUT2D eigenvalue weighted by atomic mass is 32.2. The topological polar surface area (TPSA) is 97.7 Å². The summed E-state index contributed by atoms with van der Waals surface area (Å²) in [7, 11) is 4.34. The van der Waals surface area contributed by atoms with Crippen molar-refractivity contribution < 1.29 is 23.8 Å². The first kappa shape index (κ1) is 18.7. The summed E-state index contributed by atoms with van der Waals surface area (Å²) in [6, 6.07) is 7.43. The second kappa shape index (κ2) is 8.44. The summed E-state index contributed by atoms with van der Waals surface area (Å²) in [6.07, 6.45) is 0.140. The first-order valence-corrected chi connectivity index (χ1v) is 8.38. The van der Waals surface area contributed by atoms with Crippen LogP contribution in [-0.4, -0.2) is 39.0 Å². The van der Waals surface area contributed by atoms with Crippen molar-refractivity contribution in [1.82, 2.24) is 5.32 Å². The van der Waals surface area contributed by atoms with Crippen LogP contribution in [-0.2, 0) is 14.3 Å². The molecule has 0 fully saturated rings. The number of nitriles is 1. The second-order valence-corrected chi connectivity index (χ2v) is 6.12. The summed E-state index contributed by atoms with van der Waals surface area (Å²) < 4.78 is 15.1. The Labute approximate surface area is 149 Å². The molecule has 2 rings (SSSR count). The second-order valence-electron chi connectivity index (χ2n) is 5.14. The molecular formula is C17H18N2O5S. The minimum atomic E-state index is -0.433. The fraction of sp³-hybridized carbons (Fsp3) is 0.353. The van der Waals surface area contributed by atoms with E-state index in [1.807, 2.05) is 0 Å². The van der Waals surface area contributed by atoms with Crippen LogP contribution in [0, 0.1) is 11.3 Å². The molecule has 25 heavy (non-hydrogen) atoms. The van der Waals surface area contributed by atoms with Gasteiger partial charge in [0.05, 0.1) is 43.8 Å². The number of ether oxygens (including phenoxy) is 3. The van der Waals surface area contributed by atoms with Crippen molar-refractivity contribution >= 4 is 23.6 Å². The van der Waals surface area contributed by atoms with Gasteiger partial charge in [-0.25, -0.2) is 0 Å². The molecule has 1 amide bonds. The SMILES string of the molecule is COC(=O)CSC1=C(C#N)[C@@H](c2ccc(OC)c(OC)c2)CC(=O)N1. The van der Waals surface area contributed by atoms with E-state index in [4.69, 9.17) is 9.47 Å². The Morgan fingerprint density at radius 2 is 2.04 bits per heavy atom. The molecule has 1 aliphatic heterocycles. The highest BCUT2D eigenvalue weighted by Crippen LogP contribution is 2.39. The van der Waals surface area contributed by atoms with E-state index in [1.165, 1.54) is 21.3 Å². The van der Waals surface area contributed by atoms with E-state index < -0.39 is 11.9 Å². The van der Waals surface area contributed by atoms with E-state index in [0.29, 0.717) is 22.1 Å². The summed E-state index contributed by atoms with van der Waals surface area (Å²) in [6.45, 7) is 0. The zero-order valence-corrected chi connectivity index (χ0v) is 14.9. The number of carbonyl (C=O) groups is 2. The third-order valence-electron chi connectivity index (χ3n) is 3.73. The number of nitrogens with one attached hydrogen (secondary N) is 1. The zero-order valence-electron chi connectivity index (χ0n) is 14.1. The van der Waals surface area contributed by atoms with Gasteiger partial charge < -0.3 is 19.5 Å². The number of carbonyl (C=O) groups excluding carboxylic acids is 2. The molecule has 1 N–H and O–H groups in total. The number of thioether (sulfide) groups is 1. The van der Waals surface area contributed by atoms with Crippen molar-refractivity contribution in [2.45, 2.75) is 12.3 Å². The molecule has 1 atom stereocenters. The Hall–Kier alpha value is -2.66. The average Bonchev–Trinajstić information content (AvgIpc) is 2.64. The first-order valence-electron chi connectivity index (χ1n) is 7.39. The van der Waals surface area contributed by atoms with Crippen molar-refractivity contribution in [3.8, 4) is 17.6 Å². The first-order chi connectivity index (χ1) is 12.0. The normalized spacial score (nSPS) is 16.7. The highest BCUT2D eigenvalue weighted by molar-refractivity contribution is 8.03. The lowest BCUT2D eigenvalue weighted by Gasteiger charge is -2.25. The Bertz CT molecular complexity index is 754. The van der Waals surface area contributed by atoms with Crippen molar-refractivity contribution in [2.75, 3.05) is 27.1 Å². The van der Waals surface area contributed by atoms with Gasteiger partial charge in [-0.15, -0.1) is 0 Å². The molecule has 1 heterocycles. The number of amides is 1. The zero-order chi connectivity index (χ0) is 18.4. The Morgan fingerprint density at radius 1 is 1.32 bits per heavy atom. The molecule has 132 valence electrons. The minimum Gasteiger partial charge on any atom is -0.493 e. The number of methoxy groups -OCH3 is 3. The van der Waals surface area contributed by atoms with Crippen LogP contribution in [0.4, 0.5) is 0 Å². The van der Waals surface area contributed by atoms with Gasteiger partial charge in [0.15, 0.2) is 11.5 Å². The van der Waals surface area contributed by atoms with E-state index in [2.05, 4.69) is 16.1 Å². The van der Waals surface area contributed by atoms with Gasteiger partial charge in [-0.2, -0.15) is 5.26 Å². The quantitative estimate of drug-likeness (QED) is 0.772. The number of rotatable bonds is 6. The molecule has 7 nitrogen and oxygen atoms in total. The van der Waals surface area contributed by atoms with Crippen LogP contribution in [0.5, 0.6) is 11.5 Å². The predicted molar refractivity (Wildman–Crippen MR) is 92.2 cm³/mol. The van der Waals surface area contributed by atoms with E-state index in [1.54, 1.807) is 18.2 Å².